The normalized spacial score (nSPS) is 10.6. The van der Waals surface area contributed by atoms with Crippen molar-refractivity contribution in [3.8, 4) is 0 Å². The van der Waals surface area contributed by atoms with E-state index in [9.17, 15) is 13.6 Å². The Kier molecular flexibility index (Phi) is 3.35. The number of aliphatic carboxylic acids is 1. The van der Waals surface area contributed by atoms with Gasteiger partial charge in [-0.15, -0.1) is 0 Å². The fraction of sp³-hybridized carbons (Fsp3) is 0.250. The summed E-state index contributed by atoms with van der Waals surface area (Å²) in [7, 11) is 0. The summed E-state index contributed by atoms with van der Waals surface area (Å²) in [5, 5.41) is 8.28. The molecule has 1 aromatic rings. The number of hydrogen-bond acceptors (Lipinski definition) is 2. The van der Waals surface area contributed by atoms with Crippen LogP contribution < -0.4 is 0 Å². The van der Waals surface area contributed by atoms with Crippen LogP contribution in [0.15, 0.2) is 12.3 Å². The summed E-state index contributed by atoms with van der Waals surface area (Å²) in [5.74, 6) is -1.22. The summed E-state index contributed by atoms with van der Waals surface area (Å²) >= 11 is 5.51. The van der Waals surface area contributed by atoms with E-state index in [0.717, 1.165) is 12.3 Å². The Bertz CT molecular complexity index is 357. The average Bonchev–Trinajstić information content (AvgIpc) is 2.07. The van der Waals surface area contributed by atoms with Gasteiger partial charge in [0.15, 0.2) is 0 Å². The van der Waals surface area contributed by atoms with Gasteiger partial charge in [0.25, 0.3) is 6.43 Å². The highest BCUT2D eigenvalue weighted by Crippen LogP contribution is 2.26. The molecule has 0 aromatic carbocycles. The van der Waals surface area contributed by atoms with Gasteiger partial charge in [-0.05, 0) is 6.07 Å². The Labute approximate surface area is 83.3 Å². The summed E-state index contributed by atoms with van der Waals surface area (Å²) in [6, 6.07) is 1.06. The molecular formula is C8H6ClF2NO2. The molecule has 0 spiro atoms. The third kappa shape index (κ3) is 2.38. The molecule has 0 saturated carbocycles. The lowest BCUT2D eigenvalue weighted by atomic mass is 10.1. The fourth-order valence-electron chi connectivity index (χ4n) is 1.01. The SMILES string of the molecule is O=C(O)Cc1c(C(F)F)ccnc1Cl. The second-order valence-corrected chi connectivity index (χ2v) is 2.90. The van der Waals surface area contributed by atoms with Gasteiger partial charge in [-0.2, -0.15) is 0 Å². The highest BCUT2D eigenvalue weighted by Gasteiger charge is 2.18. The molecule has 76 valence electrons. The van der Waals surface area contributed by atoms with Gasteiger partial charge in [-0.25, -0.2) is 13.8 Å². The van der Waals surface area contributed by atoms with Gasteiger partial charge in [0.1, 0.15) is 5.15 Å². The molecule has 0 atom stereocenters. The van der Waals surface area contributed by atoms with Crippen LogP contribution in [0, 0.1) is 0 Å². The van der Waals surface area contributed by atoms with Crippen LogP contribution in [0.3, 0.4) is 0 Å². The second kappa shape index (κ2) is 4.32. The van der Waals surface area contributed by atoms with Crippen LogP contribution in [0.25, 0.3) is 0 Å². The van der Waals surface area contributed by atoms with Gasteiger partial charge in [0, 0.05) is 17.3 Å². The molecule has 0 aliphatic heterocycles. The average molecular weight is 222 g/mol. The molecule has 6 heteroatoms. The Morgan fingerprint density at radius 1 is 1.64 bits per heavy atom. The number of alkyl halides is 2. The van der Waals surface area contributed by atoms with E-state index in [2.05, 4.69) is 4.98 Å². The van der Waals surface area contributed by atoms with Crippen LogP contribution in [-0.2, 0) is 11.2 Å². The maximum Gasteiger partial charge on any atom is 0.307 e. The Morgan fingerprint density at radius 2 is 2.29 bits per heavy atom. The summed E-state index contributed by atoms with van der Waals surface area (Å²) < 4.78 is 24.8. The van der Waals surface area contributed by atoms with E-state index >= 15 is 0 Å². The van der Waals surface area contributed by atoms with Crippen molar-refractivity contribution < 1.29 is 18.7 Å². The monoisotopic (exact) mass is 221 g/mol. The largest absolute Gasteiger partial charge is 0.481 e. The molecule has 1 N–H and O–H groups in total. The number of halogens is 3. The molecule has 0 saturated heterocycles. The van der Waals surface area contributed by atoms with E-state index in [1.165, 1.54) is 0 Å². The van der Waals surface area contributed by atoms with Crippen LogP contribution in [0.2, 0.25) is 5.15 Å². The lowest BCUT2D eigenvalue weighted by molar-refractivity contribution is -0.136. The van der Waals surface area contributed by atoms with E-state index in [1.54, 1.807) is 0 Å². The number of pyridine rings is 1. The van der Waals surface area contributed by atoms with Crippen molar-refractivity contribution in [2.45, 2.75) is 12.8 Å². The smallest absolute Gasteiger partial charge is 0.307 e. The molecule has 0 aliphatic carbocycles. The molecule has 0 amide bonds. The van der Waals surface area contributed by atoms with E-state index in [4.69, 9.17) is 16.7 Å². The van der Waals surface area contributed by atoms with Crippen molar-refractivity contribution in [3.05, 3.63) is 28.5 Å². The van der Waals surface area contributed by atoms with E-state index < -0.39 is 18.8 Å². The minimum Gasteiger partial charge on any atom is -0.481 e. The number of aromatic nitrogens is 1. The number of carbonyl (C=O) groups is 1. The predicted octanol–water partition coefficient (Wildman–Crippen LogP) is 2.30. The first-order valence-corrected chi connectivity index (χ1v) is 4.03. The Balaban J connectivity index is 3.15. The number of carboxylic acids is 1. The van der Waals surface area contributed by atoms with Crippen molar-refractivity contribution in [2.24, 2.45) is 0 Å². The van der Waals surface area contributed by atoms with Crippen molar-refractivity contribution in [2.75, 3.05) is 0 Å². The molecule has 1 heterocycles. The molecule has 3 nitrogen and oxygen atoms in total. The maximum atomic E-state index is 12.4. The fourth-order valence-corrected chi connectivity index (χ4v) is 1.24. The van der Waals surface area contributed by atoms with E-state index in [0.29, 0.717) is 0 Å². The molecule has 0 fully saturated rings. The number of hydrogen-bond donors (Lipinski definition) is 1. The van der Waals surface area contributed by atoms with E-state index in [-0.39, 0.29) is 16.3 Å². The first-order valence-electron chi connectivity index (χ1n) is 3.65. The van der Waals surface area contributed by atoms with Gasteiger partial charge in [-0.1, -0.05) is 11.6 Å². The topological polar surface area (TPSA) is 50.2 Å². The first kappa shape index (κ1) is 10.8. The molecule has 0 aliphatic rings. The predicted molar refractivity (Wildman–Crippen MR) is 45.5 cm³/mol. The molecule has 1 rings (SSSR count). The van der Waals surface area contributed by atoms with E-state index in [1.807, 2.05) is 0 Å². The highest BCUT2D eigenvalue weighted by molar-refractivity contribution is 6.30. The molecular weight excluding hydrogens is 216 g/mol. The van der Waals surface area contributed by atoms with Crippen molar-refractivity contribution >= 4 is 17.6 Å². The van der Waals surface area contributed by atoms with Crippen LogP contribution in [0.5, 0.6) is 0 Å². The lowest BCUT2D eigenvalue weighted by Gasteiger charge is -2.07. The number of carboxylic acid groups (broad SMARTS) is 1. The lowest BCUT2D eigenvalue weighted by Crippen LogP contribution is -2.05. The van der Waals surface area contributed by atoms with Gasteiger partial charge in [0.05, 0.1) is 6.42 Å². The molecule has 0 unspecified atom stereocenters. The van der Waals surface area contributed by atoms with Crippen LogP contribution in [0.1, 0.15) is 17.6 Å². The summed E-state index contributed by atoms with van der Waals surface area (Å²) in [4.78, 5) is 13.9. The molecule has 0 bridgehead atoms. The summed E-state index contributed by atoms with van der Waals surface area (Å²) in [6.45, 7) is 0. The quantitative estimate of drug-likeness (QED) is 0.797. The standard InChI is InChI=1S/C8H6ClF2NO2/c9-7-5(3-6(13)14)4(8(10)11)1-2-12-7/h1-2,8H,3H2,(H,13,14). The molecule has 1 aromatic heterocycles. The zero-order chi connectivity index (χ0) is 10.7. The zero-order valence-electron chi connectivity index (χ0n) is 6.88. The summed E-state index contributed by atoms with van der Waals surface area (Å²) in [6.07, 6.45) is -2.17. The third-order valence-corrected chi connectivity index (χ3v) is 1.93. The van der Waals surface area contributed by atoms with Crippen molar-refractivity contribution in [3.63, 3.8) is 0 Å². The minimum absolute atomic E-state index is 0.128. The summed E-state index contributed by atoms with van der Waals surface area (Å²) in [5.41, 5.74) is -0.510. The Hall–Kier alpha value is -1.23. The van der Waals surface area contributed by atoms with Gasteiger partial charge in [-0.3, -0.25) is 4.79 Å². The maximum absolute atomic E-state index is 12.4. The first-order chi connectivity index (χ1) is 6.52. The van der Waals surface area contributed by atoms with Crippen molar-refractivity contribution in [1.29, 1.82) is 0 Å². The van der Waals surface area contributed by atoms with Gasteiger partial charge >= 0.3 is 5.97 Å². The molecule has 14 heavy (non-hydrogen) atoms. The Morgan fingerprint density at radius 3 is 2.79 bits per heavy atom. The van der Waals surface area contributed by atoms with Gasteiger partial charge < -0.3 is 5.11 Å². The highest BCUT2D eigenvalue weighted by atomic mass is 35.5. The van der Waals surface area contributed by atoms with Crippen LogP contribution in [0.4, 0.5) is 8.78 Å². The number of nitrogens with zero attached hydrogens (tertiary/aromatic N) is 1. The zero-order valence-corrected chi connectivity index (χ0v) is 7.63. The second-order valence-electron chi connectivity index (χ2n) is 2.54. The van der Waals surface area contributed by atoms with Crippen molar-refractivity contribution in [1.82, 2.24) is 4.98 Å². The minimum atomic E-state index is -2.75. The van der Waals surface area contributed by atoms with Crippen LogP contribution >= 0.6 is 11.6 Å². The number of rotatable bonds is 3. The van der Waals surface area contributed by atoms with Crippen LogP contribution in [-0.4, -0.2) is 16.1 Å². The van der Waals surface area contributed by atoms with Gasteiger partial charge in [0.2, 0.25) is 0 Å². The molecule has 0 radical (unpaired) electrons. The third-order valence-electron chi connectivity index (χ3n) is 1.60.